The fourth-order valence-corrected chi connectivity index (χ4v) is 2.07. The molecule has 2 aromatic rings. The van der Waals surface area contributed by atoms with Crippen molar-refractivity contribution in [1.29, 1.82) is 0 Å². The summed E-state index contributed by atoms with van der Waals surface area (Å²) < 4.78 is 10.4. The van der Waals surface area contributed by atoms with Crippen LogP contribution < -0.4 is 4.74 Å². The number of aromatic nitrogens is 1. The van der Waals surface area contributed by atoms with Crippen LogP contribution in [0.25, 0.3) is 11.1 Å². The molecule has 0 fully saturated rings. The quantitative estimate of drug-likeness (QED) is 0.858. The molecule has 0 spiro atoms. The Hall–Kier alpha value is -2.23. The maximum absolute atomic E-state index is 12.0. The Labute approximate surface area is 112 Å². The van der Waals surface area contributed by atoms with Crippen LogP contribution in [0.2, 0.25) is 0 Å². The summed E-state index contributed by atoms with van der Waals surface area (Å²) in [7, 11) is 1.61. The summed E-state index contributed by atoms with van der Waals surface area (Å²) >= 11 is 0. The van der Waals surface area contributed by atoms with E-state index in [2.05, 4.69) is 4.98 Å². The molecule has 1 N–H and O–H groups in total. The number of H-pyrrole nitrogens is 1. The second kappa shape index (κ2) is 5.61. The third-order valence-corrected chi connectivity index (χ3v) is 2.95. The number of benzene rings is 1. The highest BCUT2D eigenvalue weighted by Crippen LogP contribution is 2.33. The molecular formula is C15H17NO3. The van der Waals surface area contributed by atoms with E-state index in [1.165, 1.54) is 0 Å². The number of hydrogen-bond acceptors (Lipinski definition) is 3. The number of carbonyl (C=O) groups excluding carboxylic acids is 1. The second-order valence-electron chi connectivity index (χ2n) is 4.12. The van der Waals surface area contributed by atoms with Gasteiger partial charge in [0.25, 0.3) is 0 Å². The van der Waals surface area contributed by atoms with Gasteiger partial charge in [-0.05, 0) is 19.9 Å². The van der Waals surface area contributed by atoms with Crippen LogP contribution in [0.1, 0.15) is 23.0 Å². The minimum Gasteiger partial charge on any atom is -0.496 e. The average molecular weight is 259 g/mol. The number of aryl methyl sites for hydroxylation is 1. The van der Waals surface area contributed by atoms with Crippen LogP contribution in [-0.2, 0) is 4.74 Å². The molecule has 1 aromatic heterocycles. The lowest BCUT2D eigenvalue weighted by Crippen LogP contribution is -2.06. The molecule has 0 aliphatic carbocycles. The number of aromatic amines is 1. The van der Waals surface area contributed by atoms with Crippen LogP contribution in [0, 0.1) is 6.92 Å². The number of nitrogens with one attached hydrogen (secondary N) is 1. The lowest BCUT2D eigenvalue weighted by atomic mass is 10.0. The molecule has 1 heterocycles. The summed E-state index contributed by atoms with van der Waals surface area (Å²) in [5, 5.41) is 0. The molecule has 0 saturated carbocycles. The first-order valence-electron chi connectivity index (χ1n) is 6.17. The summed E-state index contributed by atoms with van der Waals surface area (Å²) in [5.41, 5.74) is 3.02. The van der Waals surface area contributed by atoms with Crippen LogP contribution in [0.5, 0.6) is 5.75 Å². The van der Waals surface area contributed by atoms with E-state index in [4.69, 9.17) is 9.47 Å². The second-order valence-corrected chi connectivity index (χ2v) is 4.12. The predicted octanol–water partition coefficient (Wildman–Crippen LogP) is 3.18. The van der Waals surface area contributed by atoms with Gasteiger partial charge >= 0.3 is 5.97 Å². The molecule has 19 heavy (non-hydrogen) atoms. The van der Waals surface area contributed by atoms with E-state index < -0.39 is 0 Å². The number of esters is 1. The fourth-order valence-electron chi connectivity index (χ4n) is 2.07. The van der Waals surface area contributed by atoms with E-state index in [9.17, 15) is 4.79 Å². The maximum atomic E-state index is 12.0. The van der Waals surface area contributed by atoms with Crippen molar-refractivity contribution in [2.24, 2.45) is 0 Å². The monoisotopic (exact) mass is 259 g/mol. The first-order valence-corrected chi connectivity index (χ1v) is 6.17. The third-order valence-electron chi connectivity index (χ3n) is 2.95. The zero-order valence-electron chi connectivity index (χ0n) is 11.3. The highest BCUT2D eigenvalue weighted by molar-refractivity contribution is 5.99. The van der Waals surface area contributed by atoms with E-state index in [1.807, 2.05) is 31.2 Å². The van der Waals surface area contributed by atoms with Gasteiger partial charge in [-0.15, -0.1) is 0 Å². The van der Waals surface area contributed by atoms with Gasteiger partial charge in [0, 0.05) is 23.0 Å². The Kier molecular flexibility index (Phi) is 3.90. The standard InChI is InChI=1S/C15H17NO3/c1-4-19-15(17)14-10(2)16-9-12(14)11-7-5-6-8-13(11)18-3/h5-9,16H,4H2,1-3H3. The van der Waals surface area contributed by atoms with E-state index >= 15 is 0 Å². The fraction of sp³-hybridized carbons (Fsp3) is 0.267. The third kappa shape index (κ3) is 2.47. The maximum Gasteiger partial charge on any atom is 0.340 e. The van der Waals surface area contributed by atoms with E-state index in [0.29, 0.717) is 12.2 Å². The number of hydrogen-bond donors (Lipinski definition) is 1. The first kappa shape index (κ1) is 13.2. The Morgan fingerprint density at radius 3 is 2.68 bits per heavy atom. The SMILES string of the molecule is CCOC(=O)c1c(-c2ccccc2OC)c[nH]c1C. The van der Waals surface area contributed by atoms with Crippen molar-refractivity contribution in [3.05, 3.63) is 41.7 Å². The summed E-state index contributed by atoms with van der Waals surface area (Å²) in [6.45, 7) is 4.00. The van der Waals surface area contributed by atoms with Crippen LogP contribution in [0.3, 0.4) is 0 Å². The van der Waals surface area contributed by atoms with Crippen molar-refractivity contribution in [2.75, 3.05) is 13.7 Å². The summed E-state index contributed by atoms with van der Waals surface area (Å²) in [6, 6.07) is 7.60. The summed E-state index contributed by atoms with van der Waals surface area (Å²) in [5.74, 6) is 0.411. The first-order chi connectivity index (χ1) is 9.19. The molecule has 2 rings (SSSR count). The van der Waals surface area contributed by atoms with Gasteiger partial charge in [-0.1, -0.05) is 18.2 Å². The number of methoxy groups -OCH3 is 1. The molecule has 0 amide bonds. The predicted molar refractivity (Wildman–Crippen MR) is 73.5 cm³/mol. The molecule has 0 bridgehead atoms. The molecule has 0 unspecified atom stereocenters. The molecule has 0 radical (unpaired) electrons. The van der Waals surface area contributed by atoms with Gasteiger partial charge in [0.15, 0.2) is 0 Å². The van der Waals surface area contributed by atoms with Gasteiger partial charge in [-0.25, -0.2) is 4.79 Å². The van der Waals surface area contributed by atoms with Crippen molar-refractivity contribution < 1.29 is 14.3 Å². The molecule has 1 aromatic carbocycles. The normalized spacial score (nSPS) is 10.3. The van der Waals surface area contributed by atoms with Gasteiger partial charge in [0.1, 0.15) is 5.75 Å². The average Bonchev–Trinajstić information content (AvgIpc) is 2.80. The smallest absolute Gasteiger partial charge is 0.340 e. The van der Waals surface area contributed by atoms with Crippen LogP contribution in [0.4, 0.5) is 0 Å². The zero-order chi connectivity index (χ0) is 13.8. The van der Waals surface area contributed by atoms with E-state index in [1.54, 1.807) is 20.2 Å². The molecule has 0 saturated heterocycles. The van der Waals surface area contributed by atoms with Gasteiger partial charge in [0.05, 0.1) is 19.3 Å². The number of para-hydroxylation sites is 1. The van der Waals surface area contributed by atoms with Crippen molar-refractivity contribution in [3.63, 3.8) is 0 Å². The largest absolute Gasteiger partial charge is 0.496 e. The van der Waals surface area contributed by atoms with Crippen molar-refractivity contribution in [2.45, 2.75) is 13.8 Å². The van der Waals surface area contributed by atoms with Gasteiger partial charge < -0.3 is 14.5 Å². The molecular weight excluding hydrogens is 242 g/mol. The van der Waals surface area contributed by atoms with Gasteiger partial charge in [-0.2, -0.15) is 0 Å². The Morgan fingerprint density at radius 2 is 2.00 bits per heavy atom. The van der Waals surface area contributed by atoms with Crippen LogP contribution in [0.15, 0.2) is 30.5 Å². The molecule has 100 valence electrons. The topological polar surface area (TPSA) is 51.3 Å². The van der Waals surface area contributed by atoms with Crippen LogP contribution in [-0.4, -0.2) is 24.7 Å². The van der Waals surface area contributed by atoms with Crippen molar-refractivity contribution in [1.82, 2.24) is 4.98 Å². The number of carbonyl (C=O) groups is 1. The molecule has 0 aliphatic rings. The lowest BCUT2D eigenvalue weighted by molar-refractivity contribution is 0.0526. The molecule has 0 atom stereocenters. The highest BCUT2D eigenvalue weighted by atomic mass is 16.5. The van der Waals surface area contributed by atoms with E-state index in [0.717, 1.165) is 22.6 Å². The Balaban J connectivity index is 2.54. The Bertz CT molecular complexity index is 587. The van der Waals surface area contributed by atoms with Crippen LogP contribution >= 0.6 is 0 Å². The minimum atomic E-state index is -0.317. The highest BCUT2D eigenvalue weighted by Gasteiger charge is 2.20. The molecule has 4 heteroatoms. The van der Waals surface area contributed by atoms with Gasteiger partial charge in [0.2, 0.25) is 0 Å². The minimum absolute atomic E-state index is 0.317. The molecule has 4 nitrogen and oxygen atoms in total. The van der Waals surface area contributed by atoms with Crippen molar-refractivity contribution in [3.8, 4) is 16.9 Å². The number of rotatable bonds is 4. The molecule has 0 aliphatic heterocycles. The van der Waals surface area contributed by atoms with Gasteiger partial charge in [-0.3, -0.25) is 0 Å². The van der Waals surface area contributed by atoms with Crippen molar-refractivity contribution >= 4 is 5.97 Å². The lowest BCUT2D eigenvalue weighted by Gasteiger charge is -2.09. The summed E-state index contributed by atoms with van der Waals surface area (Å²) in [6.07, 6.45) is 1.80. The number of ether oxygens (including phenoxy) is 2. The summed E-state index contributed by atoms with van der Waals surface area (Å²) in [4.78, 5) is 15.1. The van der Waals surface area contributed by atoms with E-state index in [-0.39, 0.29) is 5.97 Å². The Morgan fingerprint density at radius 1 is 1.26 bits per heavy atom. The zero-order valence-corrected chi connectivity index (χ0v) is 11.3.